The second-order valence-electron chi connectivity index (χ2n) is 4.33. The van der Waals surface area contributed by atoms with Gasteiger partial charge in [0.1, 0.15) is 12.5 Å². The molecule has 1 aliphatic rings. The van der Waals surface area contributed by atoms with Crippen LogP contribution in [-0.2, 0) is 0 Å². The molecule has 0 N–H and O–H groups in total. The standard InChI is InChI=1S/C11H23N3/c1-5-7-13-9-12-14(6-2)11(13)8-10(3)4/h9-11H,5-8H2,1-4H3. The molecule has 0 radical (unpaired) electrons. The fourth-order valence-electron chi connectivity index (χ4n) is 1.89. The molecule has 1 rings (SSSR count). The highest BCUT2D eigenvalue weighted by Crippen LogP contribution is 2.19. The molecule has 1 heterocycles. The van der Waals surface area contributed by atoms with Crippen LogP contribution in [0.5, 0.6) is 0 Å². The van der Waals surface area contributed by atoms with Crippen LogP contribution in [0.4, 0.5) is 0 Å². The summed E-state index contributed by atoms with van der Waals surface area (Å²) >= 11 is 0. The number of hydrazone groups is 1. The number of nitrogens with zero attached hydrogens (tertiary/aromatic N) is 3. The summed E-state index contributed by atoms with van der Waals surface area (Å²) in [7, 11) is 0. The molecule has 82 valence electrons. The summed E-state index contributed by atoms with van der Waals surface area (Å²) < 4.78 is 0. The highest BCUT2D eigenvalue weighted by Gasteiger charge is 2.26. The van der Waals surface area contributed by atoms with Crippen molar-refractivity contribution in [2.24, 2.45) is 11.0 Å². The minimum Gasteiger partial charge on any atom is -0.339 e. The molecule has 0 amide bonds. The second-order valence-corrected chi connectivity index (χ2v) is 4.33. The van der Waals surface area contributed by atoms with Gasteiger partial charge in [-0.25, -0.2) is 0 Å². The van der Waals surface area contributed by atoms with Crippen LogP contribution in [-0.4, -0.2) is 35.5 Å². The lowest BCUT2D eigenvalue weighted by Crippen LogP contribution is -2.40. The first-order chi connectivity index (χ1) is 6.69. The van der Waals surface area contributed by atoms with Gasteiger partial charge in [-0.1, -0.05) is 20.8 Å². The molecular weight excluding hydrogens is 174 g/mol. The quantitative estimate of drug-likeness (QED) is 0.673. The number of hydrogen-bond acceptors (Lipinski definition) is 3. The van der Waals surface area contributed by atoms with E-state index in [4.69, 9.17) is 0 Å². The fourth-order valence-corrected chi connectivity index (χ4v) is 1.89. The van der Waals surface area contributed by atoms with E-state index in [1.807, 2.05) is 6.34 Å². The molecule has 0 aliphatic carbocycles. The Morgan fingerprint density at radius 1 is 1.36 bits per heavy atom. The summed E-state index contributed by atoms with van der Waals surface area (Å²) in [5.74, 6) is 0.732. The molecule has 1 atom stereocenters. The van der Waals surface area contributed by atoms with Crippen molar-refractivity contribution >= 4 is 6.34 Å². The average molecular weight is 197 g/mol. The lowest BCUT2D eigenvalue weighted by Gasteiger charge is -2.31. The van der Waals surface area contributed by atoms with E-state index >= 15 is 0 Å². The van der Waals surface area contributed by atoms with E-state index in [1.54, 1.807) is 0 Å². The van der Waals surface area contributed by atoms with E-state index < -0.39 is 0 Å². The summed E-state index contributed by atoms with van der Waals surface area (Å²) in [6.07, 6.45) is 4.89. The van der Waals surface area contributed by atoms with E-state index in [0.29, 0.717) is 6.17 Å². The van der Waals surface area contributed by atoms with Gasteiger partial charge in [-0.3, -0.25) is 5.01 Å². The van der Waals surface area contributed by atoms with E-state index in [-0.39, 0.29) is 0 Å². The van der Waals surface area contributed by atoms with Crippen molar-refractivity contribution in [2.45, 2.75) is 46.7 Å². The maximum atomic E-state index is 4.42. The molecule has 0 saturated carbocycles. The summed E-state index contributed by atoms with van der Waals surface area (Å²) in [5.41, 5.74) is 0. The van der Waals surface area contributed by atoms with Gasteiger partial charge < -0.3 is 4.90 Å². The Hall–Kier alpha value is -0.730. The van der Waals surface area contributed by atoms with E-state index in [9.17, 15) is 0 Å². The maximum Gasteiger partial charge on any atom is 0.119 e. The summed E-state index contributed by atoms with van der Waals surface area (Å²) in [6, 6.07) is 0. The van der Waals surface area contributed by atoms with Gasteiger partial charge in [-0.05, 0) is 25.7 Å². The van der Waals surface area contributed by atoms with Crippen LogP contribution >= 0.6 is 0 Å². The minimum atomic E-state index is 0.500. The van der Waals surface area contributed by atoms with Crippen LogP contribution in [0.1, 0.15) is 40.5 Å². The molecule has 14 heavy (non-hydrogen) atoms. The first-order valence-electron chi connectivity index (χ1n) is 5.75. The highest BCUT2D eigenvalue weighted by atomic mass is 15.6. The van der Waals surface area contributed by atoms with Gasteiger partial charge in [0.25, 0.3) is 0 Å². The van der Waals surface area contributed by atoms with Crippen LogP contribution < -0.4 is 0 Å². The molecule has 0 saturated heterocycles. The van der Waals surface area contributed by atoms with Crippen LogP contribution in [0, 0.1) is 5.92 Å². The zero-order chi connectivity index (χ0) is 10.6. The van der Waals surface area contributed by atoms with E-state index in [1.165, 1.54) is 12.8 Å². The Bertz CT molecular complexity index is 189. The van der Waals surface area contributed by atoms with Gasteiger partial charge in [0.2, 0.25) is 0 Å². The molecule has 0 aromatic heterocycles. The Kier molecular flexibility index (Phi) is 4.23. The zero-order valence-corrected chi connectivity index (χ0v) is 9.90. The molecule has 0 aromatic carbocycles. The maximum absolute atomic E-state index is 4.42. The summed E-state index contributed by atoms with van der Waals surface area (Å²) in [4.78, 5) is 2.36. The van der Waals surface area contributed by atoms with Gasteiger partial charge in [0, 0.05) is 13.1 Å². The predicted octanol–water partition coefficient (Wildman–Crippen LogP) is 2.35. The van der Waals surface area contributed by atoms with Crippen LogP contribution in [0.25, 0.3) is 0 Å². The Labute approximate surface area is 87.8 Å². The molecule has 0 fully saturated rings. The van der Waals surface area contributed by atoms with Crippen LogP contribution in [0.3, 0.4) is 0 Å². The molecule has 1 aliphatic heterocycles. The minimum absolute atomic E-state index is 0.500. The van der Waals surface area contributed by atoms with Gasteiger partial charge in [-0.15, -0.1) is 0 Å². The zero-order valence-electron chi connectivity index (χ0n) is 9.90. The largest absolute Gasteiger partial charge is 0.339 e. The van der Waals surface area contributed by atoms with E-state index in [2.05, 4.69) is 42.7 Å². The molecular formula is C11H23N3. The van der Waals surface area contributed by atoms with Crippen molar-refractivity contribution in [3.05, 3.63) is 0 Å². The fraction of sp³-hybridized carbons (Fsp3) is 0.909. The molecule has 3 nitrogen and oxygen atoms in total. The van der Waals surface area contributed by atoms with Crippen molar-refractivity contribution in [1.29, 1.82) is 0 Å². The van der Waals surface area contributed by atoms with Gasteiger partial charge in [0.05, 0.1) is 0 Å². The SMILES string of the molecule is CCCN1C=NN(CC)C1CC(C)C. The molecule has 0 aromatic rings. The molecule has 1 unspecified atom stereocenters. The van der Waals surface area contributed by atoms with Crippen molar-refractivity contribution in [3.63, 3.8) is 0 Å². The third-order valence-electron chi connectivity index (χ3n) is 2.56. The number of hydrogen-bond donors (Lipinski definition) is 0. The van der Waals surface area contributed by atoms with Crippen LogP contribution in [0.15, 0.2) is 5.10 Å². The third kappa shape index (κ3) is 2.63. The van der Waals surface area contributed by atoms with Gasteiger partial charge in [-0.2, -0.15) is 5.10 Å². The van der Waals surface area contributed by atoms with Gasteiger partial charge in [0.15, 0.2) is 0 Å². The van der Waals surface area contributed by atoms with Crippen molar-refractivity contribution < 1.29 is 0 Å². The Morgan fingerprint density at radius 3 is 2.57 bits per heavy atom. The van der Waals surface area contributed by atoms with Crippen molar-refractivity contribution in [1.82, 2.24) is 9.91 Å². The molecule has 0 spiro atoms. The average Bonchev–Trinajstić information content (AvgIpc) is 2.48. The van der Waals surface area contributed by atoms with Gasteiger partial charge >= 0.3 is 0 Å². The van der Waals surface area contributed by atoms with Crippen molar-refractivity contribution in [3.8, 4) is 0 Å². The normalized spacial score (nSPS) is 21.4. The number of rotatable bonds is 5. The van der Waals surface area contributed by atoms with Crippen molar-refractivity contribution in [2.75, 3.05) is 13.1 Å². The van der Waals surface area contributed by atoms with Crippen LogP contribution in [0.2, 0.25) is 0 Å². The Balaban J connectivity index is 2.54. The monoisotopic (exact) mass is 197 g/mol. The lowest BCUT2D eigenvalue weighted by atomic mass is 10.1. The topological polar surface area (TPSA) is 18.8 Å². The molecule has 0 bridgehead atoms. The Morgan fingerprint density at radius 2 is 2.07 bits per heavy atom. The molecule has 3 heteroatoms. The second kappa shape index (κ2) is 5.23. The van der Waals surface area contributed by atoms with E-state index in [0.717, 1.165) is 19.0 Å². The highest BCUT2D eigenvalue weighted by molar-refractivity contribution is 5.57. The third-order valence-corrected chi connectivity index (χ3v) is 2.56. The first-order valence-corrected chi connectivity index (χ1v) is 5.75. The summed E-state index contributed by atoms with van der Waals surface area (Å²) in [5, 5.41) is 6.61. The summed E-state index contributed by atoms with van der Waals surface area (Å²) in [6.45, 7) is 11.1. The smallest absolute Gasteiger partial charge is 0.119 e. The lowest BCUT2D eigenvalue weighted by molar-refractivity contribution is 0.115. The first kappa shape index (κ1) is 11.3. The predicted molar refractivity (Wildman–Crippen MR) is 61.1 cm³/mol.